The highest BCUT2D eigenvalue weighted by atomic mass is 16.4. The normalized spacial score (nSPS) is 16.1. The molecule has 3 rings (SSSR count). The Labute approximate surface area is 152 Å². The number of carbonyl (C=O) groups is 2. The van der Waals surface area contributed by atoms with E-state index in [1.165, 1.54) is 6.20 Å². The lowest BCUT2D eigenvalue weighted by atomic mass is 9.99. The first kappa shape index (κ1) is 17.9. The summed E-state index contributed by atoms with van der Waals surface area (Å²) in [5.41, 5.74) is 0.877. The lowest BCUT2D eigenvalue weighted by Gasteiger charge is -2.31. The standard InChI is InChI=1S/C20H23N3O3/c1-14-9-11-23(12-10-14)17-8-7-16(13-21-17)19(24)22-18(20(25)26)15-5-3-2-4-6-15/h2-8,13-14,18H,9-12H2,1H3,(H,22,24)(H,25,26)/t18-/m0/s1. The van der Waals surface area contributed by atoms with Gasteiger partial charge < -0.3 is 15.3 Å². The van der Waals surface area contributed by atoms with Crippen molar-refractivity contribution in [1.29, 1.82) is 0 Å². The first-order valence-electron chi connectivity index (χ1n) is 8.84. The van der Waals surface area contributed by atoms with Gasteiger partial charge in [-0.15, -0.1) is 0 Å². The predicted molar refractivity (Wildman–Crippen MR) is 99.1 cm³/mol. The number of pyridine rings is 1. The molecule has 1 aliphatic heterocycles. The van der Waals surface area contributed by atoms with Crippen molar-refractivity contribution in [2.75, 3.05) is 18.0 Å². The van der Waals surface area contributed by atoms with E-state index in [1.807, 2.05) is 6.07 Å². The topological polar surface area (TPSA) is 82.5 Å². The number of rotatable bonds is 5. The van der Waals surface area contributed by atoms with Crippen LogP contribution in [0.15, 0.2) is 48.7 Å². The van der Waals surface area contributed by atoms with Crippen LogP contribution in [0.4, 0.5) is 5.82 Å². The van der Waals surface area contributed by atoms with Gasteiger partial charge in [-0.05, 0) is 36.5 Å². The quantitative estimate of drug-likeness (QED) is 0.864. The molecule has 1 atom stereocenters. The molecule has 1 saturated heterocycles. The molecule has 2 N–H and O–H groups in total. The lowest BCUT2D eigenvalue weighted by Crippen LogP contribution is -2.34. The van der Waals surface area contributed by atoms with E-state index in [9.17, 15) is 14.7 Å². The average Bonchev–Trinajstić information content (AvgIpc) is 2.67. The number of amides is 1. The highest BCUT2D eigenvalue weighted by molar-refractivity contribution is 5.96. The fourth-order valence-corrected chi connectivity index (χ4v) is 3.09. The van der Waals surface area contributed by atoms with Crippen molar-refractivity contribution in [3.8, 4) is 0 Å². The Balaban J connectivity index is 1.68. The predicted octanol–water partition coefficient (Wildman–Crippen LogP) is 2.87. The van der Waals surface area contributed by atoms with Gasteiger partial charge in [0, 0.05) is 19.3 Å². The molecule has 1 amide bonds. The van der Waals surface area contributed by atoms with Crippen LogP contribution < -0.4 is 10.2 Å². The summed E-state index contributed by atoms with van der Waals surface area (Å²) in [4.78, 5) is 30.6. The number of anilines is 1. The van der Waals surface area contributed by atoms with E-state index in [4.69, 9.17) is 0 Å². The molecule has 0 radical (unpaired) electrons. The Bertz CT molecular complexity index is 754. The van der Waals surface area contributed by atoms with Crippen LogP contribution in [0.1, 0.15) is 41.7 Å². The third kappa shape index (κ3) is 4.20. The summed E-state index contributed by atoms with van der Waals surface area (Å²) < 4.78 is 0. The van der Waals surface area contributed by atoms with Gasteiger partial charge >= 0.3 is 5.97 Å². The molecular weight excluding hydrogens is 330 g/mol. The van der Waals surface area contributed by atoms with Gasteiger partial charge in [0.2, 0.25) is 0 Å². The summed E-state index contributed by atoms with van der Waals surface area (Å²) in [5, 5.41) is 12.0. The van der Waals surface area contributed by atoms with Crippen LogP contribution in [-0.4, -0.2) is 35.1 Å². The van der Waals surface area contributed by atoms with Crippen LogP contribution in [0, 0.1) is 5.92 Å². The molecule has 0 saturated carbocycles. The molecular formula is C20H23N3O3. The van der Waals surface area contributed by atoms with E-state index < -0.39 is 17.9 Å². The van der Waals surface area contributed by atoms with Crippen molar-refractivity contribution in [2.45, 2.75) is 25.8 Å². The summed E-state index contributed by atoms with van der Waals surface area (Å²) >= 11 is 0. The number of carboxylic acid groups (broad SMARTS) is 1. The number of aliphatic carboxylic acids is 1. The maximum absolute atomic E-state index is 12.4. The van der Waals surface area contributed by atoms with Crippen LogP contribution in [0.3, 0.4) is 0 Å². The van der Waals surface area contributed by atoms with Crippen LogP contribution in [0.5, 0.6) is 0 Å². The third-order valence-corrected chi connectivity index (χ3v) is 4.77. The second-order valence-electron chi connectivity index (χ2n) is 6.73. The minimum absolute atomic E-state index is 0.348. The summed E-state index contributed by atoms with van der Waals surface area (Å²) in [5.74, 6) is 0.0395. The third-order valence-electron chi connectivity index (χ3n) is 4.77. The molecule has 1 aliphatic rings. The summed E-state index contributed by atoms with van der Waals surface area (Å²) in [6.45, 7) is 4.19. The maximum atomic E-state index is 12.4. The Morgan fingerprint density at radius 3 is 2.42 bits per heavy atom. The minimum atomic E-state index is -1.10. The molecule has 6 nitrogen and oxygen atoms in total. The highest BCUT2D eigenvalue weighted by Gasteiger charge is 2.23. The van der Waals surface area contributed by atoms with Crippen molar-refractivity contribution in [1.82, 2.24) is 10.3 Å². The first-order chi connectivity index (χ1) is 12.5. The van der Waals surface area contributed by atoms with Gasteiger partial charge in [0.1, 0.15) is 5.82 Å². The fourth-order valence-electron chi connectivity index (χ4n) is 3.09. The van der Waals surface area contributed by atoms with E-state index in [2.05, 4.69) is 22.1 Å². The van der Waals surface area contributed by atoms with E-state index in [-0.39, 0.29) is 0 Å². The SMILES string of the molecule is CC1CCN(c2ccc(C(=O)N[C@H](C(=O)O)c3ccccc3)cn2)CC1. The second-order valence-corrected chi connectivity index (χ2v) is 6.73. The molecule has 1 aromatic heterocycles. The Morgan fingerprint density at radius 1 is 1.15 bits per heavy atom. The molecule has 0 spiro atoms. The minimum Gasteiger partial charge on any atom is -0.479 e. The number of nitrogens with one attached hydrogen (secondary N) is 1. The van der Waals surface area contributed by atoms with E-state index in [1.54, 1.807) is 36.4 Å². The van der Waals surface area contributed by atoms with Gasteiger partial charge in [0.15, 0.2) is 6.04 Å². The largest absolute Gasteiger partial charge is 0.479 e. The van der Waals surface area contributed by atoms with Crippen LogP contribution in [0.2, 0.25) is 0 Å². The highest BCUT2D eigenvalue weighted by Crippen LogP contribution is 2.21. The van der Waals surface area contributed by atoms with Gasteiger partial charge in [-0.2, -0.15) is 0 Å². The van der Waals surface area contributed by atoms with Crippen molar-refractivity contribution in [2.24, 2.45) is 5.92 Å². The number of carboxylic acids is 1. The van der Waals surface area contributed by atoms with Crippen LogP contribution in [0.25, 0.3) is 0 Å². The number of hydrogen-bond acceptors (Lipinski definition) is 4. The summed E-state index contributed by atoms with van der Waals surface area (Å²) in [7, 11) is 0. The van der Waals surface area contributed by atoms with Gasteiger partial charge in [0.25, 0.3) is 5.91 Å². The molecule has 0 aliphatic carbocycles. The van der Waals surface area contributed by atoms with Crippen molar-refractivity contribution in [3.63, 3.8) is 0 Å². The monoisotopic (exact) mass is 353 g/mol. The molecule has 6 heteroatoms. The first-order valence-corrected chi connectivity index (χ1v) is 8.84. The van der Waals surface area contributed by atoms with Gasteiger partial charge in [-0.25, -0.2) is 9.78 Å². The zero-order valence-corrected chi connectivity index (χ0v) is 14.8. The zero-order valence-electron chi connectivity index (χ0n) is 14.8. The smallest absolute Gasteiger partial charge is 0.330 e. The molecule has 136 valence electrons. The second kappa shape index (κ2) is 7.99. The fraction of sp³-hybridized carbons (Fsp3) is 0.350. The zero-order chi connectivity index (χ0) is 18.5. The number of carbonyl (C=O) groups excluding carboxylic acids is 1. The summed E-state index contributed by atoms with van der Waals surface area (Å²) in [6, 6.07) is 11.1. The molecule has 0 unspecified atom stereocenters. The number of piperidine rings is 1. The Kier molecular flexibility index (Phi) is 5.51. The van der Waals surface area contributed by atoms with Gasteiger partial charge in [-0.3, -0.25) is 4.79 Å². The Morgan fingerprint density at radius 2 is 1.85 bits per heavy atom. The number of hydrogen-bond donors (Lipinski definition) is 2. The molecule has 26 heavy (non-hydrogen) atoms. The number of aromatic nitrogens is 1. The van der Waals surface area contributed by atoms with Crippen molar-refractivity contribution >= 4 is 17.7 Å². The van der Waals surface area contributed by atoms with E-state index >= 15 is 0 Å². The molecule has 1 aromatic carbocycles. The molecule has 2 heterocycles. The molecule has 0 bridgehead atoms. The van der Waals surface area contributed by atoms with Gasteiger partial charge in [-0.1, -0.05) is 37.3 Å². The maximum Gasteiger partial charge on any atom is 0.330 e. The lowest BCUT2D eigenvalue weighted by molar-refractivity contribution is -0.139. The molecule has 2 aromatic rings. The number of benzene rings is 1. The summed E-state index contributed by atoms with van der Waals surface area (Å²) in [6.07, 6.45) is 3.79. The average molecular weight is 353 g/mol. The van der Waals surface area contributed by atoms with Crippen LogP contribution in [-0.2, 0) is 4.79 Å². The molecule has 1 fully saturated rings. The van der Waals surface area contributed by atoms with E-state index in [0.717, 1.165) is 37.7 Å². The van der Waals surface area contributed by atoms with E-state index in [0.29, 0.717) is 11.1 Å². The van der Waals surface area contributed by atoms with Crippen molar-refractivity contribution in [3.05, 3.63) is 59.8 Å². The number of nitrogens with zero attached hydrogens (tertiary/aromatic N) is 2. The Hall–Kier alpha value is -2.89. The van der Waals surface area contributed by atoms with Crippen LogP contribution >= 0.6 is 0 Å². The van der Waals surface area contributed by atoms with Crippen molar-refractivity contribution < 1.29 is 14.7 Å². The van der Waals surface area contributed by atoms with Gasteiger partial charge in [0.05, 0.1) is 5.56 Å².